The third kappa shape index (κ3) is 4.71. The third-order valence-electron chi connectivity index (χ3n) is 3.73. The maximum Gasteiger partial charge on any atom is 0.329 e. The number of hydrazone groups is 1. The van der Waals surface area contributed by atoms with Crippen LogP contribution in [-0.2, 0) is 14.3 Å². The maximum atomic E-state index is 11.7. The van der Waals surface area contributed by atoms with E-state index in [1.165, 1.54) is 13.3 Å². The number of halogens is 1. The second kappa shape index (κ2) is 9.17. The summed E-state index contributed by atoms with van der Waals surface area (Å²) in [6.45, 7) is 4.47. The summed E-state index contributed by atoms with van der Waals surface area (Å²) < 4.78 is 6.80. The molecule has 0 aliphatic heterocycles. The van der Waals surface area contributed by atoms with E-state index < -0.39 is 11.8 Å². The molecule has 0 fully saturated rings. The zero-order chi connectivity index (χ0) is 19.1. The van der Waals surface area contributed by atoms with Crippen LogP contribution < -0.4 is 10.7 Å². The SMILES string of the molecule is COCCNC(=O)C(=O)N/N=C\c1cc(C)n(-c2ccccc2Cl)c1C. The first kappa shape index (κ1) is 19.7. The lowest BCUT2D eigenvalue weighted by atomic mass is 10.2. The number of para-hydroxylation sites is 1. The van der Waals surface area contributed by atoms with Gasteiger partial charge >= 0.3 is 11.8 Å². The Kier molecular flexibility index (Phi) is 6.94. The molecule has 0 saturated heterocycles. The van der Waals surface area contributed by atoms with Gasteiger partial charge in [-0.2, -0.15) is 5.10 Å². The Morgan fingerprint density at radius 2 is 2.00 bits per heavy atom. The van der Waals surface area contributed by atoms with Gasteiger partial charge in [-0.05, 0) is 32.0 Å². The lowest BCUT2D eigenvalue weighted by molar-refractivity contribution is -0.139. The molecule has 1 heterocycles. The molecule has 1 aromatic heterocycles. The lowest BCUT2D eigenvalue weighted by Crippen LogP contribution is -2.39. The summed E-state index contributed by atoms with van der Waals surface area (Å²) in [6, 6.07) is 9.46. The molecule has 8 heteroatoms. The zero-order valence-corrected chi connectivity index (χ0v) is 15.6. The first-order valence-electron chi connectivity index (χ1n) is 7.99. The molecule has 0 saturated carbocycles. The van der Waals surface area contributed by atoms with Crippen molar-refractivity contribution in [2.24, 2.45) is 5.10 Å². The highest BCUT2D eigenvalue weighted by atomic mass is 35.5. The second-order valence-electron chi connectivity index (χ2n) is 5.56. The summed E-state index contributed by atoms with van der Waals surface area (Å²) in [6.07, 6.45) is 1.50. The number of hydrogen-bond donors (Lipinski definition) is 2. The van der Waals surface area contributed by atoms with Crippen LogP contribution in [0.3, 0.4) is 0 Å². The summed E-state index contributed by atoms with van der Waals surface area (Å²) >= 11 is 6.28. The number of hydrogen-bond acceptors (Lipinski definition) is 4. The fraction of sp³-hybridized carbons (Fsp3) is 0.278. The predicted octanol–water partition coefficient (Wildman–Crippen LogP) is 1.96. The van der Waals surface area contributed by atoms with E-state index in [2.05, 4.69) is 15.8 Å². The molecule has 1 aromatic carbocycles. The van der Waals surface area contributed by atoms with Crippen LogP contribution in [0, 0.1) is 13.8 Å². The first-order chi connectivity index (χ1) is 12.5. The number of methoxy groups -OCH3 is 1. The van der Waals surface area contributed by atoms with Crippen LogP contribution in [0.5, 0.6) is 0 Å². The highest BCUT2D eigenvalue weighted by Crippen LogP contribution is 2.25. The Morgan fingerprint density at radius 1 is 1.27 bits per heavy atom. The van der Waals surface area contributed by atoms with Gasteiger partial charge in [0.2, 0.25) is 0 Å². The predicted molar refractivity (Wildman–Crippen MR) is 101 cm³/mol. The number of aromatic nitrogens is 1. The van der Waals surface area contributed by atoms with Crippen LogP contribution >= 0.6 is 11.6 Å². The number of rotatable bonds is 6. The number of nitrogens with zero attached hydrogens (tertiary/aromatic N) is 2. The Balaban J connectivity index is 2.08. The van der Waals surface area contributed by atoms with Crippen LogP contribution in [-0.4, -0.2) is 42.9 Å². The van der Waals surface area contributed by atoms with Crippen molar-refractivity contribution < 1.29 is 14.3 Å². The summed E-state index contributed by atoms with van der Waals surface area (Å²) in [5.74, 6) is -1.60. The molecule has 0 aliphatic carbocycles. The molecule has 0 aliphatic rings. The van der Waals surface area contributed by atoms with Gasteiger partial charge in [0.25, 0.3) is 0 Å². The molecule has 2 amide bonds. The third-order valence-corrected chi connectivity index (χ3v) is 4.05. The van der Waals surface area contributed by atoms with Gasteiger partial charge in [0.05, 0.1) is 23.5 Å². The summed E-state index contributed by atoms with van der Waals surface area (Å²) in [5, 5.41) is 6.91. The van der Waals surface area contributed by atoms with Crippen molar-refractivity contribution in [3.63, 3.8) is 0 Å². The standard InChI is InChI=1S/C18H21ClN4O3/c1-12-10-14(11-21-22-18(25)17(24)20-8-9-26-3)13(2)23(12)16-7-5-4-6-15(16)19/h4-7,10-11H,8-9H2,1-3H3,(H,20,24)(H,22,25)/b21-11-. The molecule has 0 radical (unpaired) electrons. The average molecular weight is 377 g/mol. The van der Waals surface area contributed by atoms with Crippen molar-refractivity contribution in [3.05, 3.63) is 52.3 Å². The normalized spacial score (nSPS) is 10.9. The van der Waals surface area contributed by atoms with Gasteiger partial charge in [-0.1, -0.05) is 23.7 Å². The number of benzene rings is 1. The molecule has 138 valence electrons. The Hall–Kier alpha value is -2.64. The van der Waals surface area contributed by atoms with Crippen LogP contribution in [0.25, 0.3) is 5.69 Å². The smallest absolute Gasteiger partial charge is 0.329 e. The van der Waals surface area contributed by atoms with Gasteiger partial charge in [0, 0.05) is 30.6 Å². The minimum absolute atomic E-state index is 0.255. The lowest BCUT2D eigenvalue weighted by Gasteiger charge is -2.11. The number of amides is 2. The fourth-order valence-corrected chi connectivity index (χ4v) is 2.70. The fourth-order valence-electron chi connectivity index (χ4n) is 2.48. The van der Waals surface area contributed by atoms with Crippen molar-refractivity contribution in [1.82, 2.24) is 15.3 Å². The molecule has 0 atom stereocenters. The highest BCUT2D eigenvalue weighted by molar-refractivity contribution is 6.35. The van der Waals surface area contributed by atoms with E-state index in [0.29, 0.717) is 11.6 Å². The van der Waals surface area contributed by atoms with E-state index in [1.54, 1.807) is 0 Å². The first-order valence-corrected chi connectivity index (χ1v) is 8.37. The van der Waals surface area contributed by atoms with E-state index in [9.17, 15) is 9.59 Å². The van der Waals surface area contributed by atoms with Gasteiger partial charge in [0.1, 0.15) is 0 Å². The molecule has 0 unspecified atom stereocenters. The number of ether oxygens (including phenoxy) is 1. The van der Waals surface area contributed by atoms with Crippen LogP contribution in [0.2, 0.25) is 5.02 Å². The van der Waals surface area contributed by atoms with Crippen molar-refractivity contribution in [2.75, 3.05) is 20.3 Å². The van der Waals surface area contributed by atoms with E-state index in [1.807, 2.05) is 48.7 Å². The zero-order valence-electron chi connectivity index (χ0n) is 14.9. The maximum absolute atomic E-state index is 11.7. The largest absolute Gasteiger partial charge is 0.383 e. The van der Waals surface area contributed by atoms with Gasteiger partial charge in [0.15, 0.2) is 0 Å². The summed E-state index contributed by atoms with van der Waals surface area (Å²) in [7, 11) is 1.51. The Morgan fingerprint density at radius 3 is 2.69 bits per heavy atom. The molecular weight excluding hydrogens is 356 g/mol. The number of aryl methyl sites for hydroxylation is 1. The van der Waals surface area contributed by atoms with Crippen molar-refractivity contribution in [3.8, 4) is 5.69 Å². The van der Waals surface area contributed by atoms with Crippen LogP contribution in [0.15, 0.2) is 35.4 Å². The molecule has 2 rings (SSSR count). The monoisotopic (exact) mass is 376 g/mol. The molecule has 7 nitrogen and oxygen atoms in total. The number of carbonyl (C=O) groups excluding carboxylic acids is 2. The second-order valence-corrected chi connectivity index (χ2v) is 5.97. The van der Waals surface area contributed by atoms with Gasteiger partial charge < -0.3 is 14.6 Å². The minimum atomic E-state index is -0.836. The van der Waals surface area contributed by atoms with E-state index in [-0.39, 0.29) is 6.54 Å². The van der Waals surface area contributed by atoms with Crippen molar-refractivity contribution in [1.29, 1.82) is 0 Å². The van der Waals surface area contributed by atoms with Crippen LogP contribution in [0.4, 0.5) is 0 Å². The van der Waals surface area contributed by atoms with Crippen LogP contribution in [0.1, 0.15) is 17.0 Å². The summed E-state index contributed by atoms with van der Waals surface area (Å²) in [5.41, 5.74) is 5.77. The van der Waals surface area contributed by atoms with E-state index >= 15 is 0 Å². The molecule has 0 bridgehead atoms. The highest BCUT2D eigenvalue weighted by Gasteiger charge is 2.13. The topological polar surface area (TPSA) is 84.7 Å². The Labute approximate surface area is 157 Å². The quantitative estimate of drug-likeness (QED) is 0.350. The molecule has 2 N–H and O–H groups in total. The van der Waals surface area contributed by atoms with Gasteiger partial charge in [-0.3, -0.25) is 9.59 Å². The summed E-state index contributed by atoms with van der Waals surface area (Å²) in [4.78, 5) is 23.2. The molecule has 0 spiro atoms. The number of carbonyl (C=O) groups is 2. The van der Waals surface area contributed by atoms with Gasteiger partial charge in [-0.15, -0.1) is 0 Å². The number of nitrogens with one attached hydrogen (secondary N) is 2. The molecule has 2 aromatic rings. The van der Waals surface area contributed by atoms with Gasteiger partial charge in [-0.25, -0.2) is 5.43 Å². The minimum Gasteiger partial charge on any atom is -0.383 e. The van der Waals surface area contributed by atoms with E-state index in [0.717, 1.165) is 22.6 Å². The van der Waals surface area contributed by atoms with Crippen molar-refractivity contribution in [2.45, 2.75) is 13.8 Å². The average Bonchev–Trinajstić information content (AvgIpc) is 2.89. The molecule has 26 heavy (non-hydrogen) atoms. The van der Waals surface area contributed by atoms with E-state index in [4.69, 9.17) is 16.3 Å². The van der Waals surface area contributed by atoms with Crippen molar-refractivity contribution >= 4 is 29.6 Å². The Bertz CT molecular complexity index is 830. The molecular formula is C18H21ClN4O3.